The molecule has 1 N–H and O–H groups in total. The number of hydrogen-bond acceptors (Lipinski definition) is 3. The van der Waals surface area contributed by atoms with Crippen LogP contribution in [0.2, 0.25) is 0 Å². The molecule has 3 aromatic carbocycles. The van der Waals surface area contributed by atoms with E-state index in [0.717, 1.165) is 22.1 Å². The minimum atomic E-state index is -0.951. The van der Waals surface area contributed by atoms with E-state index in [1.165, 1.54) is 12.1 Å². The first-order valence-electron chi connectivity index (χ1n) is 11.0. The molecule has 0 unspecified atom stereocenters. The molecule has 1 aromatic heterocycles. The number of ketones is 1. The van der Waals surface area contributed by atoms with Gasteiger partial charge >= 0.3 is 0 Å². The van der Waals surface area contributed by atoms with E-state index in [1.54, 1.807) is 19.9 Å². The predicted molar refractivity (Wildman–Crippen MR) is 131 cm³/mol. The molecule has 0 bridgehead atoms. The summed E-state index contributed by atoms with van der Waals surface area (Å²) >= 11 is 0. The molecule has 0 atom stereocenters. The lowest BCUT2D eigenvalue weighted by Crippen LogP contribution is -2.18. The first-order valence-corrected chi connectivity index (χ1v) is 11.0. The molecule has 0 aliphatic rings. The molecule has 33 heavy (non-hydrogen) atoms. The van der Waals surface area contributed by atoms with Crippen LogP contribution in [0.3, 0.4) is 0 Å². The maximum atomic E-state index is 13.5. The summed E-state index contributed by atoms with van der Waals surface area (Å²) in [7, 11) is 0. The number of aromatic nitrogens is 1. The highest BCUT2D eigenvalue weighted by molar-refractivity contribution is 5.97. The van der Waals surface area contributed by atoms with Gasteiger partial charge in [0.2, 0.25) is 0 Å². The second kappa shape index (κ2) is 9.47. The number of carbonyl (C=O) groups excluding carboxylic acids is 1. The third kappa shape index (κ3) is 5.60. The largest absolute Gasteiger partial charge is 0.386 e. The molecule has 166 valence electrons. The predicted octanol–water partition coefficient (Wildman–Crippen LogP) is 6.59. The van der Waals surface area contributed by atoms with Crippen LogP contribution in [-0.2, 0) is 12.0 Å². The molecule has 4 rings (SSSR count). The fourth-order valence-electron chi connectivity index (χ4n) is 3.92. The van der Waals surface area contributed by atoms with Gasteiger partial charge < -0.3 is 5.11 Å². The first kappa shape index (κ1) is 22.6. The van der Waals surface area contributed by atoms with Gasteiger partial charge in [0.25, 0.3) is 0 Å². The van der Waals surface area contributed by atoms with E-state index in [0.29, 0.717) is 29.6 Å². The summed E-state index contributed by atoms with van der Waals surface area (Å²) in [5.41, 5.74) is 3.73. The fraction of sp³-hybridized carbons (Fsp3) is 0.172. The van der Waals surface area contributed by atoms with Crippen LogP contribution in [0, 0.1) is 5.82 Å². The molecule has 4 aromatic rings. The van der Waals surface area contributed by atoms with Crippen molar-refractivity contribution in [3.63, 3.8) is 0 Å². The number of aliphatic hydroxyl groups is 1. The van der Waals surface area contributed by atoms with Crippen LogP contribution in [0.15, 0.2) is 78.9 Å². The van der Waals surface area contributed by atoms with Crippen molar-refractivity contribution in [2.45, 2.75) is 32.3 Å². The molecule has 0 radical (unpaired) electrons. The van der Waals surface area contributed by atoms with Crippen molar-refractivity contribution in [1.82, 2.24) is 4.98 Å². The molecule has 0 saturated heterocycles. The Morgan fingerprint density at radius 3 is 2.58 bits per heavy atom. The van der Waals surface area contributed by atoms with Gasteiger partial charge in [-0.3, -0.25) is 4.79 Å². The number of nitrogens with zero attached hydrogens (tertiary/aromatic N) is 1. The third-order valence-corrected chi connectivity index (χ3v) is 5.63. The van der Waals surface area contributed by atoms with Gasteiger partial charge in [0.1, 0.15) is 5.82 Å². The molecule has 0 saturated carbocycles. The summed E-state index contributed by atoms with van der Waals surface area (Å²) in [5, 5.41) is 11.3. The first-order chi connectivity index (χ1) is 15.8. The lowest BCUT2D eigenvalue weighted by Gasteiger charge is -2.21. The Morgan fingerprint density at radius 2 is 1.76 bits per heavy atom. The lowest BCUT2D eigenvalue weighted by molar-refractivity contribution is 0.0773. The number of aryl methyl sites for hydroxylation is 1. The minimum Gasteiger partial charge on any atom is -0.386 e. The second-order valence-electron chi connectivity index (χ2n) is 8.67. The van der Waals surface area contributed by atoms with Gasteiger partial charge in [0.05, 0.1) is 16.8 Å². The Labute approximate surface area is 193 Å². The monoisotopic (exact) mass is 439 g/mol. The minimum absolute atomic E-state index is 0.0510. The number of rotatable bonds is 7. The maximum Gasteiger partial charge on any atom is 0.163 e. The third-order valence-electron chi connectivity index (χ3n) is 5.63. The zero-order valence-corrected chi connectivity index (χ0v) is 18.8. The van der Waals surface area contributed by atoms with Crippen molar-refractivity contribution in [3.05, 3.63) is 113 Å². The number of carbonyl (C=O) groups is 1. The Balaban J connectivity index is 1.47. The quantitative estimate of drug-likeness (QED) is 0.331. The Morgan fingerprint density at radius 1 is 0.970 bits per heavy atom. The van der Waals surface area contributed by atoms with E-state index < -0.39 is 5.60 Å². The molecule has 0 amide bonds. The number of benzene rings is 3. The Bertz CT molecular complexity index is 1340. The highest BCUT2D eigenvalue weighted by atomic mass is 19.1. The highest BCUT2D eigenvalue weighted by Crippen LogP contribution is 2.25. The molecule has 4 heteroatoms. The Hall–Kier alpha value is -3.63. The summed E-state index contributed by atoms with van der Waals surface area (Å²) in [5.74, 6) is -0.261. The summed E-state index contributed by atoms with van der Waals surface area (Å²) in [4.78, 5) is 17.3. The molecular formula is C29H26FNO2. The number of hydrogen-bond donors (Lipinski definition) is 1. The van der Waals surface area contributed by atoms with Gasteiger partial charge in [-0.1, -0.05) is 54.6 Å². The smallest absolute Gasteiger partial charge is 0.163 e. The van der Waals surface area contributed by atoms with Crippen molar-refractivity contribution in [1.29, 1.82) is 0 Å². The summed E-state index contributed by atoms with van der Waals surface area (Å²) in [6.45, 7) is 3.51. The van der Waals surface area contributed by atoms with E-state index in [9.17, 15) is 14.3 Å². The maximum absolute atomic E-state index is 13.5. The Kier molecular flexibility index (Phi) is 6.47. The van der Waals surface area contributed by atoms with E-state index in [1.807, 2.05) is 72.8 Å². The molecule has 1 heterocycles. The van der Waals surface area contributed by atoms with Crippen molar-refractivity contribution in [2.24, 2.45) is 0 Å². The fourth-order valence-corrected chi connectivity index (χ4v) is 3.92. The SMILES string of the molecule is CC(C)(O)c1ccccc1CCC(=O)c1cccc(/C=C/c2ccc3ccc(F)cc3n2)c1. The molecular weight excluding hydrogens is 413 g/mol. The number of halogens is 1. The van der Waals surface area contributed by atoms with Crippen LogP contribution >= 0.6 is 0 Å². The zero-order valence-electron chi connectivity index (χ0n) is 18.8. The summed E-state index contributed by atoms with van der Waals surface area (Å²) in [6.07, 6.45) is 4.68. The summed E-state index contributed by atoms with van der Waals surface area (Å²) in [6, 6.07) is 23.5. The molecule has 0 spiro atoms. The van der Waals surface area contributed by atoms with E-state index in [-0.39, 0.29) is 11.6 Å². The van der Waals surface area contributed by atoms with Gasteiger partial charge in [0, 0.05) is 23.4 Å². The van der Waals surface area contributed by atoms with Gasteiger partial charge in [-0.25, -0.2) is 9.37 Å². The molecule has 0 fully saturated rings. The van der Waals surface area contributed by atoms with Crippen LogP contribution in [0.25, 0.3) is 23.1 Å². The average Bonchev–Trinajstić information content (AvgIpc) is 2.80. The van der Waals surface area contributed by atoms with Crippen LogP contribution in [0.4, 0.5) is 4.39 Å². The van der Waals surface area contributed by atoms with Crippen LogP contribution in [-0.4, -0.2) is 15.9 Å². The second-order valence-corrected chi connectivity index (χ2v) is 8.67. The van der Waals surface area contributed by atoms with Crippen LogP contribution < -0.4 is 0 Å². The van der Waals surface area contributed by atoms with Crippen molar-refractivity contribution in [2.75, 3.05) is 0 Å². The number of pyridine rings is 1. The molecule has 0 aliphatic heterocycles. The van der Waals surface area contributed by atoms with Gasteiger partial charge in [-0.15, -0.1) is 0 Å². The van der Waals surface area contributed by atoms with Crippen molar-refractivity contribution >= 4 is 28.8 Å². The van der Waals surface area contributed by atoms with Gasteiger partial charge in [0.15, 0.2) is 5.78 Å². The lowest BCUT2D eigenvalue weighted by atomic mass is 9.90. The molecule has 0 aliphatic carbocycles. The summed E-state index contributed by atoms with van der Waals surface area (Å²) < 4.78 is 13.5. The van der Waals surface area contributed by atoms with E-state index in [4.69, 9.17) is 0 Å². The van der Waals surface area contributed by atoms with Crippen molar-refractivity contribution < 1.29 is 14.3 Å². The zero-order chi connectivity index (χ0) is 23.4. The average molecular weight is 440 g/mol. The van der Waals surface area contributed by atoms with E-state index >= 15 is 0 Å². The van der Waals surface area contributed by atoms with Gasteiger partial charge in [-0.2, -0.15) is 0 Å². The number of fused-ring (bicyclic) bond motifs is 1. The highest BCUT2D eigenvalue weighted by Gasteiger charge is 2.19. The standard InChI is InChI=1S/C29H26FNO2/c1-29(2,33)26-9-4-3-7-21(26)13-17-28(32)23-8-5-6-20(18-23)10-15-25-16-12-22-11-14-24(30)19-27(22)31-25/h3-12,14-16,18-19,33H,13,17H2,1-2H3/b15-10+. The topological polar surface area (TPSA) is 50.2 Å². The number of Topliss-reactive ketones (excluding diaryl/α,β-unsaturated/α-hetero) is 1. The molecule has 3 nitrogen and oxygen atoms in total. The normalized spacial score (nSPS) is 11.9. The van der Waals surface area contributed by atoms with Gasteiger partial charge in [-0.05, 0) is 67.3 Å². The van der Waals surface area contributed by atoms with Crippen LogP contribution in [0.1, 0.15) is 53.0 Å². The van der Waals surface area contributed by atoms with E-state index in [2.05, 4.69) is 4.98 Å². The van der Waals surface area contributed by atoms with Crippen molar-refractivity contribution in [3.8, 4) is 0 Å². The van der Waals surface area contributed by atoms with Crippen LogP contribution in [0.5, 0.6) is 0 Å².